The molecule has 0 atom stereocenters. The molecule has 0 saturated carbocycles. The summed E-state index contributed by atoms with van der Waals surface area (Å²) in [5, 5.41) is 2.36. The van der Waals surface area contributed by atoms with E-state index in [1.807, 2.05) is 0 Å². The number of ether oxygens (including phenoxy) is 1. The van der Waals surface area contributed by atoms with E-state index in [-0.39, 0.29) is 30.3 Å². The maximum absolute atomic E-state index is 13.5. The summed E-state index contributed by atoms with van der Waals surface area (Å²) in [6.07, 6.45) is 0. The van der Waals surface area contributed by atoms with Crippen molar-refractivity contribution in [1.29, 1.82) is 0 Å². The Kier molecular flexibility index (Phi) is 6.60. The first-order chi connectivity index (χ1) is 12.4. The molecular weight excluding hydrogens is 349 g/mol. The minimum atomic E-state index is -2.90. The van der Waals surface area contributed by atoms with Crippen molar-refractivity contribution in [2.75, 3.05) is 13.6 Å². The lowest BCUT2D eigenvalue weighted by Crippen LogP contribution is -2.38. The molecule has 0 bridgehead atoms. The van der Waals surface area contributed by atoms with E-state index in [0.717, 1.165) is 6.07 Å². The molecule has 0 aromatic heterocycles. The van der Waals surface area contributed by atoms with Crippen LogP contribution in [-0.4, -0.2) is 36.9 Å². The molecule has 0 unspecified atom stereocenters. The van der Waals surface area contributed by atoms with Crippen LogP contribution >= 0.6 is 0 Å². The van der Waals surface area contributed by atoms with Crippen molar-refractivity contribution < 1.29 is 27.5 Å². The van der Waals surface area contributed by atoms with Gasteiger partial charge < -0.3 is 15.0 Å². The SMILES string of the molecule is CN(Cc1ccc(OC(F)F)cc1)C(=O)CNC(=O)c1ccccc1F. The highest BCUT2D eigenvalue weighted by atomic mass is 19.3. The third-order valence-electron chi connectivity index (χ3n) is 3.51. The highest BCUT2D eigenvalue weighted by Gasteiger charge is 2.14. The van der Waals surface area contributed by atoms with Crippen LogP contribution in [0.5, 0.6) is 5.75 Å². The zero-order valence-electron chi connectivity index (χ0n) is 13.9. The molecule has 138 valence electrons. The molecule has 2 amide bonds. The predicted octanol–water partition coefficient (Wildman–Crippen LogP) is 2.82. The van der Waals surface area contributed by atoms with Crippen LogP contribution in [0.3, 0.4) is 0 Å². The van der Waals surface area contributed by atoms with Gasteiger partial charge in [0, 0.05) is 13.6 Å². The van der Waals surface area contributed by atoms with Crippen LogP contribution in [0.4, 0.5) is 13.2 Å². The van der Waals surface area contributed by atoms with Gasteiger partial charge in [0.05, 0.1) is 12.1 Å². The topological polar surface area (TPSA) is 58.6 Å². The van der Waals surface area contributed by atoms with Crippen LogP contribution in [0.2, 0.25) is 0 Å². The summed E-state index contributed by atoms with van der Waals surface area (Å²) in [5.41, 5.74) is 0.556. The van der Waals surface area contributed by atoms with Crippen molar-refractivity contribution in [3.63, 3.8) is 0 Å². The number of alkyl halides is 2. The van der Waals surface area contributed by atoms with Gasteiger partial charge in [-0.2, -0.15) is 8.78 Å². The summed E-state index contributed by atoms with van der Waals surface area (Å²) < 4.78 is 42.0. The van der Waals surface area contributed by atoms with Gasteiger partial charge in [-0.05, 0) is 29.8 Å². The second kappa shape index (κ2) is 8.89. The Balaban J connectivity index is 1.85. The predicted molar refractivity (Wildman–Crippen MR) is 88.3 cm³/mol. The number of rotatable bonds is 7. The molecule has 0 heterocycles. The van der Waals surface area contributed by atoms with Crippen LogP contribution in [0.15, 0.2) is 48.5 Å². The standard InChI is InChI=1S/C18H17F3N2O3/c1-23(11-12-6-8-13(9-7-12)26-18(20)21)16(24)10-22-17(25)14-4-2-3-5-15(14)19/h2-9,18H,10-11H2,1H3,(H,22,25). The molecule has 2 aromatic carbocycles. The zero-order valence-corrected chi connectivity index (χ0v) is 13.9. The van der Waals surface area contributed by atoms with Gasteiger partial charge >= 0.3 is 6.61 Å². The Labute approximate surface area is 148 Å². The first kappa shape index (κ1) is 19.3. The molecule has 0 aliphatic carbocycles. The number of halogens is 3. The van der Waals surface area contributed by atoms with Gasteiger partial charge in [-0.3, -0.25) is 9.59 Å². The van der Waals surface area contributed by atoms with E-state index in [1.54, 1.807) is 12.1 Å². The molecule has 0 aliphatic heterocycles. The van der Waals surface area contributed by atoms with Gasteiger partial charge in [0.2, 0.25) is 5.91 Å². The zero-order chi connectivity index (χ0) is 19.1. The summed E-state index contributed by atoms with van der Waals surface area (Å²) in [6.45, 7) is -2.98. The van der Waals surface area contributed by atoms with Gasteiger partial charge in [-0.15, -0.1) is 0 Å². The average molecular weight is 366 g/mol. The fourth-order valence-electron chi connectivity index (χ4n) is 2.17. The number of hydrogen-bond acceptors (Lipinski definition) is 3. The van der Waals surface area contributed by atoms with Crippen molar-refractivity contribution in [3.8, 4) is 5.75 Å². The molecule has 26 heavy (non-hydrogen) atoms. The van der Waals surface area contributed by atoms with Crippen LogP contribution in [-0.2, 0) is 11.3 Å². The Bertz CT molecular complexity index is 767. The van der Waals surface area contributed by atoms with E-state index in [2.05, 4.69) is 10.1 Å². The lowest BCUT2D eigenvalue weighted by atomic mass is 10.2. The van der Waals surface area contributed by atoms with Crippen LogP contribution in [0, 0.1) is 5.82 Å². The largest absolute Gasteiger partial charge is 0.435 e. The number of nitrogens with zero attached hydrogens (tertiary/aromatic N) is 1. The maximum Gasteiger partial charge on any atom is 0.387 e. The number of carbonyl (C=O) groups is 2. The summed E-state index contributed by atoms with van der Waals surface area (Å²) in [7, 11) is 1.53. The smallest absolute Gasteiger partial charge is 0.387 e. The summed E-state index contributed by atoms with van der Waals surface area (Å²) in [6, 6.07) is 11.3. The summed E-state index contributed by atoms with van der Waals surface area (Å²) in [4.78, 5) is 25.3. The third-order valence-corrected chi connectivity index (χ3v) is 3.51. The molecule has 8 heteroatoms. The monoisotopic (exact) mass is 366 g/mol. The van der Waals surface area contributed by atoms with Crippen molar-refractivity contribution in [2.24, 2.45) is 0 Å². The molecule has 2 rings (SSSR count). The fraction of sp³-hybridized carbons (Fsp3) is 0.222. The lowest BCUT2D eigenvalue weighted by molar-refractivity contribution is -0.129. The molecule has 2 aromatic rings. The third kappa shape index (κ3) is 5.51. The number of likely N-dealkylation sites (N-methyl/N-ethyl adjacent to an activating group) is 1. The first-order valence-corrected chi connectivity index (χ1v) is 7.67. The first-order valence-electron chi connectivity index (χ1n) is 7.67. The summed E-state index contributed by atoms with van der Waals surface area (Å²) >= 11 is 0. The van der Waals surface area contributed by atoms with E-state index in [4.69, 9.17) is 0 Å². The van der Waals surface area contributed by atoms with E-state index < -0.39 is 18.3 Å². The molecule has 0 aliphatic rings. The Morgan fingerprint density at radius 3 is 2.38 bits per heavy atom. The minimum absolute atomic E-state index is 0.0230. The molecule has 1 N–H and O–H groups in total. The van der Waals surface area contributed by atoms with Crippen molar-refractivity contribution in [3.05, 3.63) is 65.5 Å². The van der Waals surface area contributed by atoms with E-state index >= 15 is 0 Å². The highest BCUT2D eigenvalue weighted by Crippen LogP contribution is 2.15. The maximum atomic E-state index is 13.5. The van der Waals surface area contributed by atoms with Crippen molar-refractivity contribution >= 4 is 11.8 Å². The number of nitrogens with one attached hydrogen (secondary N) is 1. The van der Waals surface area contributed by atoms with Crippen LogP contribution in [0.1, 0.15) is 15.9 Å². The fourth-order valence-corrected chi connectivity index (χ4v) is 2.17. The number of hydrogen-bond donors (Lipinski definition) is 1. The highest BCUT2D eigenvalue weighted by molar-refractivity contribution is 5.96. The molecular formula is C18H17F3N2O3. The molecule has 0 spiro atoms. The van der Waals surface area contributed by atoms with Gasteiger partial charge in [0.15, 0.2) is 0 Å². The second-order valence-corrected chi connectivity index (χ2v) is 5.43. The normalized spacial score (nSPS) is 10.5. The molecule has 0 fully saturated rings. The van der Waals surface area contributed by atoms with Gasteiger partial charge in [-0.1, -0.05) is 24.3 Å². The number of benzene rings is 2. The molecule has 0 saturated heterocycles. The van der Waals surface area contributed by atoms with Crippen LogP contribution in [0.25, 0.3) is 0 Å². The summed E-state index contributed by atoms with van der Waals surface area (Å²) in [5.74, 6) is -1.72. The van der Waals surface area contributed by atoms with Crippen molar-refractivity contribution in [2.45, 2.75) is 13.2 Å². The van der Waals surface area contributed by atoms with Gasteiger partial charge in [-0.25, -0.2) is 4.39 Å². The average Bonchev–Trinajstić information content (AvgIpc) is 2.61. The second-order valence-electron chi connectivity index (χ2n) is 5.43. The van der Waals surface area contributed by atoms with E-state index in [9.17, 15) is 22.8 Å². The Morgan fingerprint density at radius 1 is 1.12 bits per heavy atom. The number of amides is 2. The van der Waals surface area contributed by atoms with Crippen molar-refractivity contribution in [1.82, 2.24) is 10.2 Å². The van der Waals surface area contributed by atoms with Gasteiger partial charge in [0.25, 0.3) is 5.91 Å². The molecule has 5 nitrogen and oxygen atoms in total. The Hall–Kier alpha value is -3.03. The van der Waals surface area contributed by atoms with E-state index in [1.165, 1.54) is 42.3 Å². The van der Waals surface area contributed by atoms with Gasteiger partial charge in [0.1, 0.15) is 11.6 Å². The quantitative estimate of drug-likeness (QED) is 0.820. The number of carbonyl (C=O) groups excluding carboxylic acids is 2. The Morgan fingerprint density at radius 2 is 1.77 bits per heavy atom. The van der Waals surface area contributed by atoms with E-state index in [0.29, 0.717) is 5.56 Å². The molecule has 0 radical (unpaired) electrons. The lowest BCUT2D eigenvalue weighted by Gasteiger charge is -2.18. The minimum Gasteiger partial charge on any atom is -0.435 e. The van der Waals surface area contributed by atoms with Crippen LogP contribution < -0.4 is 10.1 Å².